The van der Waals surface area contributed by atoms with Crippen molar-refractivity contribution in [2.45, 2.75) is 13.0 Å². The molecule has 1 amide bonds. The van der Waals surface area contributed by atoms with E-state index in [1.54, 1.807) is 6.07 Å². The van der Waals surface area contributed by atoms with Crippen LogP contribution in [0.25, 0.3) is 0 Å². The van der Waals surface area contributed by atoms with E-state index in [4.69, 9.17) is 15.6 Å². The van der Waals surface area contributed by atoms with Crippen molar-refractivity contribution in [3.05, 3.63) is 65.0 Å². The van der Waals surface area contributed by atoms with E-state index < -0.39 is 11.7 Å². The average Bonchev–Trinajstić information content (AvgIpc) is 2.47. The van der Waals surface area contributed by atoms with Gasteiger partial charge in [0.2, 0.25) is 5.91 Å². The molecule has 0 aliphatic carbocycles. The second-order valence-electron chi connectivity index (χ2n) is 4.54. The number of hydrogen-bond donors (Lipinski definition) is 2. The molecule has 0 spiro atoms. The van der Waals surface area contributed by atoms with E-state index in [9.17, 15) is 9.18 Å². The van der Waals surface area contributed by atoms with E-state index in [1.807, 2.05) is 18.2 Å². The molecule has 0 saturated carbocycles. The standard InChI is InChI=1S/C16H16FNO3/c17-14-9-12(16(18)20)5-6-13(14)10-21-15-4-2-1-3-11(15)7-8-19/h1-6,9,19H,7-8,10H2,(H2,18,20). The van der Waals surface area contributed by atoms with Crippen LogP contribution in [-0.2, 0) is 13.0 Å². The van der Waals surface area contributed by atoms with Gasteiger partial charge in [-0.2, -0.15) is 0 Å². The lowest BCUT2D eigenvalue weighted by Crippen LogP contribution is -2.12. The first-order valence-corrected chi connectivity index (χ1v) is 6.51. The number of ether oxygens (including phenoxy) is 1. The van der Waals surface area contributed by atoms with Crippen LogP contribution in [0.1, 0.15) is 21.5 Å². The molecule has 0 atom stereocenters. The van der Waals surface area contributed by atoms with Gasteiger partial charge in [-0.15, -0.1) is 0 Å². The molecule has 0 radical (unpaired) electrons. The Kier molecular flexibility index (Phi) is 4.90. The van der Waals surface area contributed by atoms with Crippen molar-refractivity contribution in [1.29, 1.82) is 0 Å². The molecule has 2 aromatic rings. The van der Waals surface area contributed by atoms with E-state index >= 15 is 0 Å². The second kappa shape index (κ2) is 6.85. The number of aliphatic hydroxyl groups excluding tert-OH is 1. The summed E-state index contributed by atoms with van der Waals surface area (Å²) in [6.45, 7) is 0.0510. The Labute approximate surface area is 122 Å². The van der Waals surface area contributed by atoms with Gasteiger partial charge < -0.3 is 15.6 Å². The van der Waals surface area contributed by atoms with Crippen LogP contribution >= 0.6 is 0 Å². The minimum atomic E-state index is -0.672. The number of benzene rings is 2. The quantitative estimate of drug-likeness (QED) is 0.854. The normalized spacial score (nSPS) is 10.4. The number of primary amides is 1. The van der Waals surface area contributed by atoms with E-state index in [-0.39, 0.29) is 18.8 Å². The molecular formula is C16H16FNO3. The summed E-state index contributed by atoms with van der Waals surface area (Å²) in [5.74, 6) is -0.606. The van der Waals surface area contributed by atoms with Crippen molar-refractivity contribution in [2.24, 2.45) is 5.73 Å². The topological polar surface area (TPSA) is 72.6 Å². The Bertz CT molecular complexity index is 643. The van der Waals surface area contributed by atoms with E-state index in [1.165, 1.54) is 12.1 Å². The van der Waals surface area contributed by atoms with Gasteiger partial charge in [-0.25, -0.2) is 4.39 Å². The van der Waals surface area contributed by atoms with Crippen molar-refractivity contribution in [2.75, 3.05) is 6.61 Å². The molecular weight excluding hydrogens is 273 g/mol. The first-order chi connectivity index (χ1) is 10.1. The molecule has 0 aliphatic heterocycles. The summed E-state index contributed by atoms with van der Waals surface area (Å²) in [6.07, 6.45) is 0.471. The van der Waals surface area contributed by atoms with Gasteiger partial charge in [0.05, 0.1) is 0 Å². The number of halogens is 1. The Morgan fingerprint density at radius 1 is 1.19 bits per heavy atom. The third kappa shape index (κ3) is 3.79. The third-order valence-electron chi connectivity index (χ3n) is 3.07. The second-order valence-corrected chi connectivity index (χ2v) is 4.54. The van der Waals surface area contributed by atoms with Crippen LogP contribution in [0.4, 0.5) is 4.39 Å². The van der Waals surface area contributed by atoms with Crippen LogP contribution in [0, 0.1) is 5.82 Å². The minimum Gasteiger partial charge on any atom is -0.489 e. The largest absolute Gasteiger partial charge is 0.489 e. The molecule has 0 saturated heterocycles. The fourth-order valence-electron chi connectivity index (χ4n) is 1.94. The molecule has 0 unspecified atom stereocenters. The molecule has 3 N–H and O–H groups in total. The van der Waals surface area contributed by atoms with Crippen molar-refractivity contribution >= 4 is 5.91 Å². The lowest BCUT2D eigenvalue weighted by atomic mass is 10.1. The van der Waals surface area contributed by atoms with Gasteiger partial charge in [-0.1, -0.05) is 24.3 Å². The Morgan fingerprint density at radius 2 is 1.95 bits per heavy atom. The number of nitrogens with two attached hydrogens (primary N) is 1. The smallest absolute Gasteiger partial charge is 0.248 e. The van der Waals surface area contributed by atoms with E-state index in [0.717, 1.165) is 11.6 Å². The number of carbonyl (C=O) groups excluding carboxylic acids is 1. The molecule has 0 fully saturated rings. The summed E-state index contributed by atoms with van der Waals surface area (Å²) in [6, 6.07) is 11.3. The number of hydrogen-bond acceptors (Lipinski definition) is 3. The van der Waals surface area contributed by atoms with Gasteiger partial charge >= 0.3 is 0 Å². The zero-order valence-electron chi connectivity index (χ0n) is 11.4. The minimum absolute atomic E-state index is 0.0159. The lowest BCUT2D eigenvalue weighted by molar-refractivity contribution is 0.0999. The molecule has 4 nitrogen and oxygen atoms in total. The lowest BCUT2D eigenvalue weighted by Gasteiger charge is -2.11. The van der Waals surface area contributed by atoms with E-state index in [0.29, 0.717) is 17.7 Å². The molecule has 0 aliphatic rings. The molecule has 110 valence electrons. The summed E-state index contributed by atoms with van der Waals surface area (Å²) >= 11 is 0. The summed E-state index contributed by atoms with van der Waals surface area (Å²) in [7, 11) is 0. The van der Waals surface area contributed by atoms with Crippen LogP contribution in [0.15, 0.2) is 42.5 Å². The maximum absolute atomic E-state index is 13.8. The molecule has 0 heterocycles. The van der Waals surface area contributed by atoms with Crippen molar-refractivity contribution in [3.63, 3.8) is 0 Å². The number of rotatable bonds is 6. The molecule has 5 heteroatoms. The molecule has 0 aromatic heterocycles. The highest BCUT2D eigenvalue weighted by atomic mass is 19.1. The van der Waals surface area contributed by atoms with Gasteiger partial charge in [-0.3, -0.25) is 4.79 Å². The highest BCUT2D eigenvalue weighted by Gasteiger charge is 2.09. The van der Waals surface area contributed by atoms with Gasteiger partial charge in [0.25, 0.3) is 0 Å². The number of aliphatic hydroxyl groups is 1. The average molecular weight is 289 g/mol. The predicted octanol–water partition coefficient (Wildman–Crippen LogP) is 2.04. The molecule has 0 bridgehead atoms. The highest BCUT2D eigenvalue weighted by molar-refractivity contribution is 5.92. The first kappa shape index (κ1) is 15.0. The Morgan fingerprint density at radius 3 is 2.62 bits per heavy atom. The van der Waals surface area contributed by atoms with Crippen LogP contribution in [0.2, 0.25) is 0 Å². The Hall–Kier alpha value is -2.40. The maximum atomic E-state index is 13.8. The Balaban J connectivity index is 2.11. The summed E-state index contributed by atoms with van der Waals surface area (Å²) in [4.78, 5) is 11.0. The fourth-order valence-corrected chi connectivity index (χ4v) is 1.94. The van der Waals surface area contributed by atoms with Gasteiger partial charge in [0.15, 0.2) is 0 Å². The zero-order chi connectivity index (χ0) is 15.2. The van der Waals surface area contributed by atoms with Gasteiger partial charge in [-0.05, 0) is 30.2 Å². The summed E-state index contributed by atoms with van der Waals surface area (Å²) in [5, 5.41) is 9.00. The van der Waals surface area contributed by atoms with Gasteiger partial charge in [0.1, 0.15) is 18.2 Å². The van der Waals surface area contributed by atoms with Crippen molar-refractivity contribution in [3.8, 4) is 5.75 Å². The monoisotopic (exact) mass is 289 g/mol. The summed E-state index contributed by atoms with van der Waals surface area (Å²) in [5.41, 5.74) is 6.40. The zero-order valence-corrected chi connectivity index (χ0v) is 11.4. The van der Waals surface area contributed by atoms with E-state index in [2.05, 4.69) is 0 Å². The number of carbonyl (C=O) groups is 1. The number of amides is 1. The van der Waals surface area contributed by atoms with Crippen molar-refractivity contribution < 1.29 is 19.0 Å². The van der Waals surface area contributed by atoms with Gasteiger partial charge in [0, 0.05) is 17.7 Å². The highest BCUT2D eigenvalue weighted by Crippen LogP contribution is 2.20. The summed E-state index contributed by atoms with van der Waals surface area (Å²) < 4.78 is 19.4. The van der Waals surface area contributed by atoms with Crippen LogP contribution in [-0.4, -0.2) is 17.6 Å². The number of para-hydroxylation sites is 1. The molecule has 21 heavy (non-hydrogen) atoms. The first-order valence-electron chi connectivity index (χ1n) is 6.51. The maximum Gasteiger partial charge on any atom is 0.248 e. The third-order valence-corrected chi connectivity index (χ3v) is 3.07. The predicted molar refractivity (Wildman–Crippen MR) is 76.5 cm³/mol. The van der Waals surface area contributed by atoms with Crippen molar-refractivity contribution in [1.82, 2.24) is 0 Å². The van der Waals surface area contributed by atoms with Crippen LogP contribution < -0.4 is 10.5 Å². The SMILES string of the molecule is NC(=O)c1ccc(COc2ccccc2CCO)c(F)c1. The fraction of sp³-hybridized carbons (Fsp3) is 0.188. The van der Waals surface area contributed by atoms with Crippen LogP contribution in [0.5, 0.6) is 5.75 Å². The molecule has 2 aromatic carbocycles. The van der Waals surface area contributed by atoms with Crippen LogP contribution in [0.3, 0.4) is 0 Å². The molecule has 2 rings (SSSR count).